The Kier molecular flexibility index (Phi) is 10.0. The monoisotopic (exact) mass is 536 g/mol. The first-order valence-corrected chi connectivity index (χ1v) is 15.3. The highest BCUT2D eigenvalue weighted by Gasteiger charge is 2.31. The van der Waals surface area contributed by atoms with E-state index in [9.17, 15) is 4.79 Å². The first kappa shape index (κ1) is 28.4. The minimum Gasteiger partial charge on any atom is -0.462 e. The molecule has 0 radical (unpaired) electrons. The van der Waals surface area contributed by atoms with Crippen LogP contribution in [-0.4, -0.2) is 58.4 Å². The van der Waals surface area contributed by atoms with Gasteiger partial charge in [-0.2, -0.15) is 0 Å². The quantitative estimate of drug-likeness (QED) is 0.266. The van der Waals surface area contributed by atoms with Crippen LogP contribution in [0.4, 0.5) is 0 Å². The topological polar surface area (TPSA) is 50.1 Å². The highest BCUT2D eigenvalue weighted by atomic mass is 32.1. The molecule has 1 saturated carbocycles. The van der Waals surface area contributed by atoms with Crippen LogP contribution in [0.2, 0.25) is 0 Å². The largest absolute Gasteiger partial charge is 0.462 e. The molecular weight excluding hydrogens is 492 g/mol. The van der Waals surface area contributed by atoms with Crippen LogP contribution in [0.3, 0.4) is 0 Å². The first-order chi connectivity index (χ1) is 18.5. The molecule has 1 aliphatic carbocycles. The number of allylic oxidation sites excluding steroid dienone is 1. The Morgan fingerprint density at radius 1 is 1.08 bits per heavy atom. The van der Waals surface area contributed by atoms with Crippen molar-refractivity contribution in [2.24, 2.45) is 0 Å². The lowest BCUT2D eigenvalue weighted by Gasteiger charge is -2.31. The second kappa shape index (κ2) is 13.4. The summed E-state index contributed by atoms with van der Waals surface area (Å²) in [5.41, 5.74) is 8.34. The molecule has 0 amide bonds. The van der Waals surface area contributed by atoms with Crippen LogP contribution in [0.15, 0.2) is 35.5 Å². The number of ether oxygens (including phenoxy) is 1. The van der Waals surface area contributed by atoms with Gasteiger partial charge in [-0.25, -0.2) is 9.78 Å². The Labute approximate surface area is 232 Å². The van der Waals surface area contributed by atoms with Gasteiger partial charge in [0, 0.05) is 23.0 Å². The minimum atomic E-state index is -0.186. The Balaban J connectivity index is 0.000000368. The third kappa shape index (κ3) is 6.67. The van der Waals surface area contributed by atoms with Crippen LogP contribution < -0.4 is 0 Å². The number of nitrogens with zero attached hydrogens (tertiary/aromatic N) is 4. The summed E-state index contributed by atoms with van der Waals surface area (Å²) in [6.07, 6.45) is 12.3. The lowest BCUT2D eigenvalue weighted by atomic mass is 10.0. The van der Waals surface area contributed by atoms with Crippen molar-refractivity contribution in [2.45, 2.75) is 79.2 Å². The smallest absolute Gasteiger partial charge is 0.339 e. The molecule has 3 aromatic heterocycles. The fraction of sp³-hybridized carbons (Fsp3) is 0.548. The van der Waals surface area contributed by atoms with E-state index in [1.54, 1.807) is 11.3 Å². The van der Waals surface area contributed by atoms with Crippen molar-refractivity contribution in [3.05, 3.63) is 62.7 Å². The van der Waals surface area contributed by atoms with Gasteiger partial charge in [0.2, 0.25) is 0 Å². The summed E-state index contributed by atoms with van der Waals surface area (Å²) in [5.74, 6) is -0.186. The van der Waals surface area contributed by atoms with Crippen molar-refractivity contribution >= 4 is 28.7 Å². The van der Waals surface area contributed by atoms with E-state index < -0.39 is 0 Å². The van der Waals surface area contributed by atoms with E-state index in [4.69, 9.17) is 4.74 Å². The predicted molar refractivity (Wildman–Crippen MR) is 158 cm³/mol. The maximum Gasteiger partial charge on any atom is 0.339 e. The molecule has 0 saturated heterocycles. The van der Waals surface area contributed by atoms with Gasteiger partial charge < -0.3 is 14.5 Å². The summed E-state index contributed by atoms with van der Waals surface area (Å²) in [4.78, 5) is 23.1. The number of carbonyl (C=O) groups is 1. The Bertz CT molecular complexity index is 1250. The SMILES string of the molecule is CCCN(C)CCC.CCCc1ccc2ncc(C(=C3CC3)N3CCc4c(C(=O)OCC)csc4C3)n2c1. The number of pyridine rings is 1. The second-order valence-electron chi connectivity index (χ2n) is 10.4. The molecule has 0 N–H and O–H groups in total. The third-order valence-electron chi connectivity index (χ3n) is 7.15. The van der Waals surface area contributed by atoms with Crippen molar-refractivity contribution in [3.63, 3.8) is 0 Å². The average Bonchev–Trinajstić information content (AvgIpc) is 3.51. The van der Waals surface area contributed by atoms with Crippen LogP contribution in [0.25, 0.3) is 11.3 Å². The number of rotatable bonds is 10. The van der Waals surface area contributed by atoms with Gasteiger partial charge >= 0.3 is 5.97 Å². The highest BCUT2D eigenvalue weighted by Crippen LogP contribution is 2.41. The minimum absolute atomic E-state index is 0.186. The zero-order valence-corrected chi connectivity index (χ0v) is 24.7. The fourth-order valence-electron chi connectivity index (χ4n) is 5.28. The maximum atomic E-state index is 12.3. The molecule has 2 aliphatic rings. The van der Waals surface area contributed by atoms with Gasteiger partial charge in [-0.05, 0) is 88.4 Å². The van der Waals surface area contributed by atoms with Crippen molar-refractivity contribution < 1.29 is 9.53 Å². The van der Waals surface area contributed by atoms with E-state index >= 15 is 0 Å². The van der Waals surface area contributed by atoms with Crippen LogP contribution in [0, 0.1) is 0 Å². The van der Waals surface area contributed by atoms with E-state index in [1.165, 1.54) is 71.7 Å². The molecule has 0 aromatic carbocycles. The van der Waals surface area contributed by atoms with E-state index in [-0.39, 0.29) is 5.97 Å². The molecule has 6 nitrogen and oxygen atoms in total. The van der Waals surface area contributed by atoms with E-state index in [0.29, 0.717) is 6.61 Å². The summed E-state index contributed by atoms with van der Waals surface area (Å²) in [5, 5.41) is 1.97. The van der Waals surface area contributed by atoms with Crippen LogP contribution in [0.1, 0.15) is 91.9 Å². The number of carbonyl (C=O) groups excluding carboxylic acids is 1. The normalized spacial score (nSPS) is 14.4. The van der Waals surface area contributed by atoms with Gasteiger partial charge in [-0.15, -0.1) is 11.3 Å². The molecule has 0 bridgehead atoms. The molecule has 38 heavy (non-hydrogen) atoms. The van der Waals surface area contributed by atoms with Gasteiger partial charge in [0.15, 0.2) is 0 Å². The van der Waals surface area contributed by atoms with E-state index in [0.717, 1.165) is 43.6 Å². The molecule has 0 spiro atoms. The summed E-state index contributed by atoms with van der Waals surface area (Å²) in [6, 6.07) is 4.32. The van der Waals surface area contributed by atoms with Gasteiger partial charge in [0.25, 0.3) is 0 Å². The third-order valence-corrected chi connectivity index (χ3v) is 8.17. The zero-order valence-electron chi connectivity index (χ0n) is 23.9. The summed E-state index contributed by atoms with van der Waals surface area (Å²) >= 11 is 1.68. The molecule has 0 unspecified atom stereocenters. The van der Waals surface area contributed by atoms with Crippen LogP contribution in [-0.2, 0) is 24.1 Å². The number of esters is 1. The predicted octanol–water partition coefficient (Wildman–Crippen LogP) is 6.83. The number of aromatic nitrogens is 2. The maximum absolute atomic E-state index is 12.3. The number of fused-ring (bicyclic) bond motifs is 2. The van der Waals surface area contributed by atoms with Crippen molar-refractivity contribution in [3.8, 4) is 0 Å². The molecule has 1 fully saturated rings. The lowest BCUT2D eigenvalue weighted by Crippen LogP contribution is -2.29. The summed E-state index contributed by atoms with van der Waals surface area (Å²) in [7, 11) is 2.17. The molecular formula is C31H44N4O2S. The first-order valence-electron chi connectivity index (χ1n) is 14.4. The lowest BCUT2D eigenvalue weighted by molar-refractivity contribution is 0.0525. The fourth-order valence-corrected chi connectivity index (χ4v) is 6.36. The number of hydrogen-bond donors (Lipinski definition) is 0. The standard InChI is InChI=1S/C24H27N3O2S.C7H17N/c1-3-5-16-6-9-22-25-12-20(27(22)13-16)23(17-7-8-17)26-11-10-18-19(24(28)29-4-2)15-30-21(18)14-26;1-4-6-8(3)7-5-2/h6,9,12-13,15H,3-5,7-8,10-11,14H2,1-2H3;4-7H2,1-3H3. The number of aryl methyl sites for hydroxylation is 1. The number of thiophene rings is 1. The van der Waals surface area contributed by atoms with Crippen molar-refractivity contribution in [1.29, 1.82) is 0 Å². The van der Waals surface area contributed by atoms with Crippen molar-refractivity contribution in [1.82, 2.24) is 19.2 Å². The molecule has 206 valence electrons. The van der Waals surface area contributed by atoms with Gasteiger partial charge in [0.05, 0.1) is 36.3 Å². The van der Waals surface area contributed by atoms with Gasteiger partial charge in [0.1, 0.15) is 5.65 Å². The summed E-state index contributed by atoms with van der Waals surface area (Å²) in [6.45, 7) is 13.2. The van der Waals surface area contributed by atoms with Crippen LogP contribution in [0.5, 0.6) is 0 Å². The molecule has 7 heteroatoms. The van der Waals surface area contributed by atoms with Crippen LogP contribution >= 0.6 is 11.3 Å². The molecule has 0 atom stereocenters. The van der Waals surface area contributed by atoms with Crippen molar-refractivity contribution in [2.75, 3.05) is 33.3 Å². The number of imidazole rings is 1. The second-order valence-corrected chi connectivity index (χ2v) is 11.3. The molecule has 4 heterocycles. The average molecular weight is 537 g/mol. The zero-order chi connectivity index (χ0) is 27.1. The summed E-state index contributed by atoms with van der Waals surface area (Å²) < 4.78 is 7.51. The van der Waals surface area contributed by atoms with E-state index in [1.807, 2.05) is 18.5 Å². The molecule has 1 aliphatic heterocycles. The van der Waals surface area contributed by atoms with E-state index in [2.05, 4.69) is 65.3 Å². The Morgan fingerprint density at radius 3 is 2.50 bits per heavy atom. The Hall–Kier alpha value is -2.64. The highest BCUT2D eigenvalue weighted by molar-refractivity contribution is 7.10. The molecule has 5 rings (SSSR count). The Morgan fingerprint density at radius 2 is 1.84 bits per heavy atom. The van der Waals surface area contributed by atoms with Gasteiger partial charge in [-0.3, -0.25) is 4.40 Å². The van der Waals surface area contributed by atoms with Gasteiger partial charge in [-0.1, -0.05) is 33.3 Å². The number of hydrogen-bond acceptors (Lipinski definition) is 6. The molecule has 3 aromatic rings.